The summed E-state index contributed by atoms with van der Waals surface area (Å²) in [6.45, 7) is 5.82. The number of phenols is 1. The number of hydrogen-bond donors (Lipinski definition) is 2. The molecule has 3 aromatic rings. The third kappa shape index (κ3) is 6.43. The molecule has 0 saturated carbocycles. The van der Waals surface area contributed by atoms with E-state index in [0.717, 1.165) is 18.4 Å². The van der Waals surface area contributed by atoms with Crippen molar-refractivity contribution >= 4 is 40.6 Å². The van der Waals surface area contributed by atoms with Crippen molar-refractivity contribution in [1.29, 1.82) is 0 Å². The molecule has 9 heteroatoms. The molecule has 2 heterocycles. The SMILES string of the molecule is CC1(C)CC(=O)C2=C(C1)Nc1c(O)cccc1N(C(=O)CCC(=O)N1CCCC1)C2c1ccc(OCc2ccccc2)cc1Cl. The molecule has 8 nitrogen and oxygen atoms in total. The highest BCUT2D eigenvalue weighted by Gasteiger charge is 2.44. The molecule has 234 valence electrons. The van der Waals surface area contributed by atoms with Crippen LogP contribution in [0.2, 0.25) is 5.02 Å². The Morgan fingerprint density at radius 2 is 1.71 bits per heavy atom. The summed E-state index contributed by atoms with van der Waals surface area (Å²) in [7, 11) is 0. The minimum absolute atomic E-state index is 0.0440. The smallest absolute Gasteiger partial charge is 0.228 e. The number of halogens is 1. The second-order valence-corrected chi connectivity index (χ2v) is 13.2. The van der Waals surface area contributed by atoms with Gasteiger partial charge in [0.05, 0.1) is 11.7 Å². The van der Waals surface area contributed by atoms with Gasteiger partial charge in [0, 0.05) is 48.6 Å². The Morgan fingerprint density at radius 3 is 2.44 bits per heavy atom. The molecule has 2 N–H and O–H groups in total. The molecule has 45 heavy (non-hydrogen) atoms. The Labute approximate surface area is 268 Å². The monoisotopic (exact) mass is 627 g/mol. The molecule has 1 unspecified atom stereocenters. The number of nitrogens with zero attached hydrogens (tertiary/aromatic N) is 2. The number of amides is 2. The van der Waals surface area contributed by atoms with Crippen molar-refractivity contribution in [2.24, 2.45) is 5.41 Å². The number of phenolic OH excluding ortho intramolecular Hbond substituents is 1. The molecular weight excluding hydrogens is 590 g/mol. The molecule has 2 amide bonds. The van der Waals surface area contributed by atoms with E-state index in [1.165, 1.54) is 0 Å². The van der Waals surface area contributed by atoms with E-state index in [1.54, 1.807) is 46.2 Å². The van der Waals surface area contributed by atoms with Crippen molar-refractivity contribution in [3.8, 4) is 11.5 Å². The van der Waals surface area contributed by atoms with Crippen molar-refractivity contribution < 1.29 is 24.2 Å². The van der Waals surface area contributed by atoms with E-state index in [4.69, 9.17) is 16.3 Å². The second kappa shape index (κ2) is 12.6. The molecule has 1 fully saturated rings. The van der Waals surface area contributed by atoms with E-state index >= 15 is 0 Å². The first-order valence-corrected chi connectivity index (χ1v) is 15.9. The zero-order chi connectivity index (χ0) is 31.7. The fourth-order valence-corrected chi connectivity index (χ4v) is 6.91. The number of likely N-dealkylation sites (tertiary alicyclic amines) is 1. The van der Waals surface area contributed by atoms with Crippen LogP contribution in [-0.4, -0.2) is 40.7 Å². The van der Waals surface area contributed by atoms with Crippen LogP contribution in [0.4, 0.5) is 11.4 Å². The van der Waals surface area contributed by atoms with Gasteiger partial charge in [0.25, 0.3) is 0 Å². The number of hydrogen-bond acceptors (Lipinski definition) is 6. The molecule has 1 saturated heterocycles. The Balaban J connectivity index is 1.43. The number of Topliss-reactive ketones (excluding diaryl/α,β-unsaturated/α-hetero) is 1. The van der Waals surface area contributed by atoms with Gasteiger partial charge in [0.15, 0.2) is 5.78 Å². The minimum atomic E-state index is -0.885. The van der Waals surface area contributed by atoms with Gasteiger partial charge >= 0.3 is 0 Å². The van der Waals surface area contributed by atoms with Gasteiger partial charge in [0.1, 0.15) is 23.8 Å². The van der Waals surface area contributed by atoms with Gasteiger partial charge in [-0.05, 0) is 60.1 Å². The van der Waals surface area contributed by atoms with Gasteiger partial charge in [-0.15, -0.1) is 0 Å². The Bertz CT molecular complexity index is 1660. The van der Waals surface area contributed by atoms with Crippen LogP contribution in [0.1, 0.15) is 69.5 Å². The Hall–Kier alpha value is -4.30. The largest absolute Gasteiger partial charge is 0.506 e. The maximum atomic E-state index is 14.3. The fraction of sp³-hybridized carbons (Fsp3) is 0.361. The number of carbonyl (C=O) groups is 3. The Morgan fingerprint density at radius 1 is 0.978 bits per heavy atom. The van der Waals surface area contributed by atoms with Crippen LogP contribution in [0.3, 0.4) is 0 Å². The number of anilines is 2. The lowest BCUT2D eigenvalue weighted by atomic mass is 9.73. The molecule has 0 radical (unpaired) electrons. The Kier molecular flexibility index (Phi) is 8.60. The van der Waals surface area contributed by atoms with E-state index < -0.39 is 6.04 Å². The van der Waals surface area contributed by atoms with Gasteiger partial charge in [-0.3, -0.25) is 19.3 Å². The zero-order valence-electron chi connectivity index (χ0n) is 25.6. The van der Waals surface area contributed by atoms with E-state index in [9.17, 15) is 19.5 Å². The van der Waals surface area contributed by atoms with Crippen LogP contribution in [0.15, 0.2) is 78.0 Å². The summed E-state index contributed by atoms with van der Waals surface area (Å²) in [6, 6.07) is 19.2. The highest BCUT2D eigenvalue weighted by atomic mass is 35.5. The summed E-state index contributed by atoms with van der Waals surface area (Å²) in [6.07, 6.45) is 2.74. The molecule has 0 bridgehead atoms. The lowest BCUT2D eigenvalue weighted by molar-refractivity contribution is -0.132. The fourth-order valence-electron chi connectivity index (χ4n) is 6.63. The van der Waals surface area contributed by atoms with E-state index in [0.29, 0.717) is 65.1 Å². The third-order valence-electron chi connectivity index (χ3n) is 8.80. The number of ketones is 1. The topological polar surface area (TPSA) is 99.2 Å². The second-order valence-electron chi connectivity index (χ2n) is 12.8. The molecule has 1 aliphatic carbocycles. The quantitative estimate of drug-likeness (QED) is 0.270. The predicted octanol–water partition coefficient (Wildman–Crippen LogP) is 7.17. The van der Waals surface area contributed by atoms with Crippen molar-refractivity contribution in [3.05, 3.63) is 94.1 Å². The van der Waals surface area contributed by atoms with Crippen LogP contribution >= 0.6 is 11.6 Å². The normalized spacial score (nSPS) is 19.0. The minimum Gasteiger partial charge on any atom is -0.506 e. The molecule has 2 aliphatic heterocycles. The maximum absolute atomic E-state index is 14.3. The number of benzene rings is 3. The van der Waals surface area contributed by atoms with E-state index in [1.807, 2.05) is 44.2 Å². The molecule has 0 aromatic heterocycles. The van der Waals surface area contributed by atoms with E-state index in [-0.39, 0.29) is 48.0 Å². The summed E-state index contributed by atoms with van der Waals surface area (Å²) in [5.74, 6) is 0.00894. The first kappa shape index (κ1) is 30.7. The average Bonchev–Trinajstić information content (AvgIpc) is 3.50. The highest BCUT2D eigenvalue weighted by Crippen LogP contribution is 2.51. The number of fused-ring (bicyclic) bond motifs is 1. The van der Waals surface area contributed by atoms with Crippen LogP contribution < -0.4 is 15.0 Å². The van der Waals surface area contributed by atoms with Crippen LogP contribution in [-0.2, 0) is 21.0 Å². The first-order valence-electron chi connectivity index (χ1n) is 15.5. The summed E-state index contributed by atoms with van der Waals surface area (Å²) < 4.78 is 6.02. The van der Waals surface area contributed by atoms with Crippen molar-refractivity contribution in [3.63, 3.8) is 0 Å². The number of carbonyl (C=O) groups excluding carboxylic acids is 3. The first-order chi connectivity index (χ1) is 21.6. The molecule has 3 aliphatic rings. The van der Waals surface area contributed by atoms with Gasteiger partial charge in [-0.25, -0.2) is 0 Å². The summed E-state index contributed by atoms with van der Waals surface area (Å²) in [5.41, 5.74) is 3.07. The van der Waals surface area contributed by atoms with E-state index in [2.05, 4.69) is 5.32 Å². The van der Waals surface area contributed by atoms with Gasteiger partial charge < -0.3 is 20.1 Å². The maximum Gasteiger partial charge on any atom is 0.228 e. The average molecular weight is 628 g/mol. The number of nitrogens with one attached hydrogen (secondary N) is 1. The molecule has 3 aromatic carbocycles. The number of rotatable bonds is 7. The van der Waals surface area contributed by atoms with Crippen molar-refractivity contribution in [1.82, 2.24) is 4.90 Å². The van der Waals surface area contributed by atoms with Crippen molar-refractivity contribution in [2.75, 3.05) is 23.3 Å². The molecular formula is C36H38ClN3O5. The van der Waals surface area contributed by atoms with Gasteiger partial charge in [-0.2, -0.15) is 0 Å². The zero-order valence-corrected chi connectivity index (χ0v) is 26.4. The highest BCUT2D eigenvalue weighted by molar-refractivity contribution is 6.31. The number of allylic oxidation sites excluding steroid dienone is 1. The number of ether oxygens (including phenoxy) is 1. The lowest BCUT2D eigenvalue weighted by Gasteiger charge is -2.37. The standard InChI is InChI=1S/C36H38ClN3O5/c1-36(2)20-27-33(30(42)21-36)35(25-14-13-24(19-26(25)37)45-22-23-9-4-3-5-10-23)40(28-11-8-12-29(41)34(28)38-27)32(44)16-15-31(43)39-17-6-7-18-39/h3-5,8-14,19,35,38,41H,6-7,15-18,20-22H2,1-2H3. The van der Waals surface area contributed by atoms with Crippen LogP contribution in [0.25, 0.3) is 0 Å². The van der Waals surface area contributed by atoms with Gasteiger partial charge in [-0.1, -0.05) is 67.9 Å². The lowest BCUT2D eigenvalue weighted by Crippen LogP contribution is -2.40. The third-order valence-corrected chi connectivity index (χ3v) is 9.13. The van der Waals surface area contributed by atoms with Gasteiger partial charge in [0.2, 0.25) is 11.8 Å². The number of para-hydroxylation sites is 1. The molecule has 6 rings (SSSR count). The summed E-state index contributed by atoms with van der Waals surface area (Å²) >= 11 is 6.99. The van der Waals surface area contributed by atoms with Crippen molar-refractivity contribution in [2.45, 2.75) is 65.0 Å². The summed E-state index contributed by atoms with van der Waals surface area (Å²) in [4.78, 5) is 44.7. The predicted molar refractivity (Wildman–Crippen MR) is 174 cm³/mol. The molecule has 0 spiro atoms. The van der Waals surface area contributed by atoms with Crippen LogP contribution in [0.5, 0.6) is 11.5 Å². The molecule has 1 atom stereocenters. The number of aromatic hydroxyl groups is 1. The van der Waals surface area contributed by atoms with Crippen LogP contribution in [0, 0.1) is 5.41 Å². The summed E-state index contributed by atoms with van der Waals surface area (Å²) in [5, 5.41) is 14.7.